The predicted molar refractivity (Wildman–Crippen MR) is 101 cm³/mol. The number of nitro groups is 1. The number of benzene rings is 1. The Morgan fingerprint density at radius 3 is 2.52 bits per heavy atom. The molecule has 2 rings (SSSR count). The first-order valence-corrected chi connectivity index (χ1v) is 9.21. The van der Waals surface area contributed by atoms with Gasteiger partial charge in [-0.1, -0.05) is 18.5 Å². The molecule has 168 valence electrons. The van der Waals surface area contributed by atoms with Gasteiger partial charge in [-0.15, -0.1) is 0 Å². The second-order valence-corrected chi connectivity index (χ2v) is 7.00. The molecule has 0 aromatic heterocycles. The van der Waals surface area contributed by atoms with Gasteiger partial charge in [0.15, 0.2) is 5.41 Å². The first-order chi connectivity index (χ1) is 14.3. The fourth-order valence-electron chi connectivity index (χ4n) is 3.13. The van der Waals surface area contributed by atoms with Gasteiger partial charge in [0.1, 0.15) is 11.5 Å². The molecule has 0 heterocycles. The Labute approximate surface area is 179 Å². The van der Waals surface area contributed by atoms with E-state index in [0.717, 1.165) is 24.3 Å². The minimum atomic E-state index is -4.64. The molecule has 0 spiro atoms. The van der Waals surface area contributed by atoms with E-state index >= 15 is 0 Å². The number of carbonyl (C=O) groups excluding carboxylic acids is 1. The van der Waals surface area contributed by atoms with Gasteiger partial charge in [0, 0.05) is 4.92 Å². The van der Waals surface area contributed by atoms with Gasteiger partial charge in [0.05, 0.1) is 23.1 Å². The minimum Gasteiger partial charge on any atom is -0.480 e. The number of allylic oxidation sites excluding steroid dienone is 1. The highest BCUT2D eigenvalue weighted by Crippen LogP contribution is 2.42. The summed E-state index contributed by atoms with van der Waals surface area (Å²) in [5.74, 6) is -4.65. The summed E-state index contributed by atoms with van der Waals surface area (Å²) < 4.78 is 48.6. The van der Waals surface area contributed by atoms with Crippen LogP contribution in [0.3, 0.4) is 0 Å². The largest absolute Gasteiger partial charge is 0.480 e. The van der Waals surface area contributed by atoms with Gasteiger partial charge in [-0.3, -0.25) is 19.7 Å². The standard InChI is InChI=1S/C19H17ClF3NO7/c1-3-30-16(25)10(2)18(17(26)27)9-12(5-7-15(18)24(28)29)31-14-6-4-11(8-13(14)20)19(21,22)23/h4-10,15H,3H2,1-2H3,(H,26,27). The molecule has 1 aromatic rings. The minimum absolute atomic E-state index is 0.0773. The molecule has 31 heavy (non-hydrogen) atoms. The van der Waals surface area contributed by atoms with Crippen LogP contribution in [0.25, 0.3) is 0 Å². The van der Waals surface area contributed by atoms with Crippen molar-refractivity contribution in [2.24, 2.45) is 11.3 Å². The van der Waals surface area contributed by atoms with Crippen molar-refractivity contribution in [2.75, 3.05) is 6.61 Å². The van der Waals surface area contributed by atoms with E-state index in [2.05, 4.69) is 0 Å². The van der Waals surface area contributed by atoms with E-state index in [0.29, 0.717) is 12.1 Å². The van der Waals surface area contributed by atoms with E-state index in [1.807, 2.05) is 0 Å². The summed E-state index contributed by atoms with van der Waals surface area (Å²) in [5, 5.41) is 21.0. The van der Waals surface area contributed by atoms with Crippen LogP contribution < -0.4 is 4.74 Å². The van der Waals surface area contributed by atoms with Crippen LogP contribution in [0.4, 0.5) is 13.2 Å². The highest BCUT2D eigenvalue weighted by molar-refractivity contribution is 6.32. The Morgan fingerprint density at radius 2 is 2.03 bits per heavy atom. The lowest BCUT2D eigenvalue weighted by molar-refractivity contribution is -0.524. The van der Waals surface area contributed by atoms with Gasteiger partial charge in [0.2, 0.25) is 0 Å². The number of carboxylic acids is 1. The molecule has 8 nitrogen and oxygen atoms in total. The Morgan fingerprint density at radius 1 is 1.39 bits per heavy atom. The Hall–Kier alpha value is -3.08. The van der Waals surface area contributed by atoms with E-state index in [1.54, 1.807) is 0 Å². The van der Waals surface area contributed by atoms with Gasteiger partial charge in [0.25, 0.3) is 6.04 Å². The highest BCUT2D eigenvalue weighted by atomic mass is 35.5. The molecule has 0 saturated heterocycles. The maximum atomic E-state index is 12.8. The first kappa shape index (κ1) is 24.2. The van der Waals surface area contributed by atoms with E-state index in [9.17, 15) is 38.0 Å². The van der Waals surface area contributed by atoms with Crippen LogP contribution in [0.2, 0.25) is 5.02 Å². The number of rotatable bonds is 7. The van der Waals surface area contributed by atoms with Crippen LogP contribution in [0.15, 0.2) is 42.2 Å². The molecule has 0 saturated carbocycles. The first-order valence-electron chi connectivity index (χ1n) is 8.83. The smallest absolute Gasteiger partial charge is 0.416 e. The summed E-state index contributed by atoms with van der Waals surface area (Å²) in [6.45, 7) is 2.58. The number of carboxylic acid groups (broad SMARTS) is 1. The summed E-state index contributed by atoms with van der Waals surface area (Å²) in [6, 6.07) is 0.422. The topological polar surface area (TPSA) is 116 Å². The van der Waals surface area contributed by atoms with Crippen LogP contribution in [-0.4, -0.2) is 34.6 Å². The molecule has 1 aliphatic carbocycles. The van der Waals surface area contributed by atoms with Gasteiger partial charge in [-0.2, -0.15) is 13.2 Å². The zero-order chi connectivity index (χ0) is 23.6. The zero-order valence-electron chi connectivity index (χ0n) is 16.2. The third kappa shape index (κ3) is 4.82. The number of aliphatic carboxylic acids is 1. The van der Waals surface area contributed by atoms with Gasteiger partial charge < -0.3 is 14.6 Å². The van der Waals surface area contributed by atoms with E-state index in [4.69, 9.17) is 21.1 Å². The molecule has 3 atom stereocenters. The fraction of sp³-hybridized carbons (Fsp3) is 0.368. The summed E-state index contributed by atoms with van der Waals surface area (Å²) >= 11 is 5.85. The lowest BCUT2D eigenvalue weighted by atomic mass is 9.68. The fourth-order valence-corrected chi connectivity index (χ4v) is 3.35. The highest BCUT2D eigenvalue weighted by Gasteiger charge is 2.59. The molecule has 3 unspecified atom stereocenters. The molecule has 0 fully saturated rings. The Bertz CT molecular complexity index is 960. The summed E-state index contributed by atoms with van der Waals surface area (Å²) in [6.07, 6.45) is -1.76. The second-order valence-electron chi connectivity index (χ2n) is 6.59. The maximum absolute atomic E-state index is 12.8. The summed E-state index contributed by atoms with van der Waals surface area (Å²) in [7, 11) is 0. The lowest BCUT2D eigenvalue weighted by Gasteiger charge is -2.34. The van der Waals surface area contributed by atoms with E-state index in [1.165, 1.54) is 13.8 Å². The van der Waals surface area contributed by atoms with E-state index < -0.39 is 51.0 Å². The molecule has 1 aliphatic rings. The molecule has 0 aliphatic heterocycles. The normalized spacial score (nSPS) is 21.7. The van der Waals surface area contributed by atoms with E-state index in [-0.39, 0.29) is 18.1 Å². The van der Waals surface area contributed by atoms with Crippen molar-refractivity contribution in [3.8, 4) is 5.75 Å². The number of ether oxygens (including phenoxy) is 2. The van der Waals surface area contributed by atoms with Crippen molar-refractivity contribution in [2.45, 2.75) is 26.1 Å². The number of carbonyl (C=O) groups is 2. The Kier molecular flexibility index (Phi) is 6.99. The number of alkyl halides is 3. The molecule has 12 heteroatoms. The number of halogens is 4. The van der Waals surface area contributed by atoms with Crippen molar-refractivity contribution in [1.82, 2.24) is 0 Å². The number of nitrogens with zero attached hydrogens (tertiary/aromatic N) is 1. The molecule has 0 radical (unpaired) electrons. The summed E-state index contributed by atoms with van der Waals surface area (Å²) in [5.41, 5.74) is -3.40. The van der Waals surface area contributed by atoms with Crippen molar-refractivity contribution < 1.29 is 42.3 Å². The van der Waals surface area contributed by atoms with Crippen molar-refractivity contribution in [3.05, 3.63) is 62.9 Å². The molecular weight excluding hydrogens is 447 g/mol. The van der Waals surface area contributed by atoms with Crippen molar-refractivity contribution >= 4 is 23.5 Å². The molecule has 1 N–H and O–H groups in total. The monoisotopic (exact) mass is 463 g/mol. The van der Waals surface area contributed by atoms with Gasteiger partial charge >= 0.3 is 18.1 Å². The quantitative estimate of drug-likeness (QED) is 0.367. The zero-order valence-corrected chi connectivity index (χ0v) is 16.9. The van der Waals surface area contributed by atoms with Crippen LogP contribution in [0, 0.1) is 21.4 Å². The maximum Gasteiger partial charge on any atom is 0.416 e. The number of hydrogen-bond donors (Lipinski definition) is 1. The number of hydrogen-bond acceptors (Lipinski definition) is 6. The van der Waals surface area contributed by atoms with Crippen molar-refractivity contribution in [3.63, 3.8) is 0 Å². The Balaban J connectivity index is 2.52. The third-order valence-corrected chi connectivity index (χ3v) is 5.05. The number of esters is 1. The summed E-state index contributed by atoms with van der Waals surface area (Å²) in [4.78, 5) is 35.1. The van der Waals surface area contributed by atoms with Crippen LogP contribution in [0.1, 0.15) is 19.4 Å². The molecule has 0 amide bonds. The average Bonchev–Trinajstić information content (AvgIpc) is 2.67. The van der Waals surface area contributed by atoms with Gasteiger partial charge in [-0.25, -0.2) is 0 Å². The molecular formula is C19H17ClF3NO7. The molecule has 1 aromatic carbocycles. The SMILES string of the molecule is CCOC(=O)C(C)C1(C(=O)O)C=C(Oc2ccc(C(F)(F)F)cc2Cl)C=CC1[N+](=O)[O-]. The van der Waals surface area contributed by atoms with Crippen molar-refractivity contribution in [1.29, 1.82) is 0 Å². The van der Waals surface area contributed by atoms with Gasteiger partial charge in [-0.05, 0) is 43.4 Å². The molecule has 0 bridgehead atoms. The lowest BCUT2D eigenvalue weighted by Crippen LogP contribution is -2.52. The van der Waals surface area contributed by atoms with Crippen LogP contribution >= 0.6 is 11.6 Å². The second kappa shape index (κ2) is 8.96. The predicted octanol–water partition coefficient (Wildman–Crippen LogP) is 4.11. The average molecular weight is 464 g/mol. The van der Waals surface area contributed by atoms with Crippen LogP contribution in [-0.2, 0) is 20.5 Å². The van der Waals surface area contributed by atoms with Crippen LogP contribution in [0.5, 0.6) is 5.75 Å². The third-order valence-electron chi connectivity index (χ3n) is 4.75.